The molecular weight excluding hydrogens is 354 g/mol. The van der Waals surface area contributed by atoms with Crippen molar-refractivity contribution in [1.82, 2.24) is 10.3 Å². The topological polar surface area (TPSA) is 97.4 Å². The zero-order valence-electron chi connectivity index (χ0n) is 14.3. The summed E-state index contributed by atoms with van der Waals surface area (Å²) in [5.41, 5.74) is 1.69. The van der Waals surface area contributed by atoms with Gasteiger partial charge in [-0.1, -0.05) is 0 Å². The van der Waals surface area contributed by atoms with Crippen molar-refractivity contribution in [3.8, 4) is 0 Å². The number of esters is 1. The van der Waals surface area contributed by atoms with Crippen LogP contribution in [0.5, 0.6) is 0 Å². The Morgan fingerprint density at radius 3 is 2.81 bits per heavy atom. The van der Waals surface area contributed by atoms with Crippen molar-refractivity contribution in [3.63, 3.8) is 0 Å². The highest BCUT2D eigenvalue weighted by Crippen LogP contribution is 2.38. The van der Waals surface area contributed by atoms with Gasteiger partial charge in [-0.05, 0) is 43.4 Å². The Bertz CT molecular complexity index is 832. The van der Waals surface area contributed by atoms with E-state index >= 15 is 0 Å². The second kappa shape index (κ2) is 8.09. The molecule has 3 rings (SSSR count). The van der Waals surface area contributed by atoms with E-state index in [0.29, 0.717) is 16.1 Å². The van der Waals surface area contributed by atoms with Crippen molar-refractivity contribution in [1.29, 1.82) is 0 Å². The fourth-order valence-electron chi connectivity index (χ4n) is 2.82. The minimum Gasteiger partial charge on any atom is -0.452 e. The number of likely N-dealkylation sites (N-methyl/N-ethyl adjacent to an activating group) is 1. The highest BCUT2D eigenvalue weighted by atomic mass is 32.1. The van der Waals surface area contributed by atoms with Crippen LogP contribution in [0.2, 0.25) is 0 Å². The molecule has 1 aliphatic rings. The van der Waals surface area contributed by atoms with Gasteiger partial charge in [-0.15, -0.1) is 11.3 Å². The van der Waals surface area contributed by atoms with Crippen molar-refractivity contribution in [2.75, 3.05) is 19.0 Å². The average molecular weight is 373 g/mol. The molecule has 2 amide bonds. The Kier molecular flexibility index (Phi) is 5.62. The van der Waals surface area contributed by atoms with Crippen LogP contribution in [-0.2, 0) is 22.4 Å². The number of carbonyl (C=O) groups excluding carboxylic acids is 3. The van der Waals surface area contributed by atoms with Crippen molar-refractivity contribution >= 4 is 34.1 Å². The van der Waals surface area contributed by atoms with Gasteiger partial charge < -0.3 is 15.4 Å². The van der Waals surface area contributed by atoms with E-state index in [4.69, 9.17) is 4.74 Å². The van der Waals surface area contributed by atoms with E-state index in [1.54, 1.807) is 18.3 Å². The Morgan fingerprint density at radius 2 is 2.08 bits per heavy atom. The monoisotopic (exact) mass is 373 g/mol. The Balaban J connectivity index is 1.87. The number of anilines is 1. The number of hydrogen-bond donors (Lipinski definition) is 2. The first-order valence-electron chi connectivity index (χ1n) is 8.33. The summed E-state index contributed by atoms with van der Waals surface area (Å²) >= 11 is 1.40. The number of thiophene rings is 1. The third kappa shape index (κ3) is 3.91. The molecule has 136 valence electrons. The third-order valence-corrected chi connectivity index (χ3v) is 5.35. The summed E-state index contributed by atoms with van der Waals surface area (Å²) in [5, 5.41) is 5.68. The second-order valence-electron chi connectivity index (χ2n) is 5.86. The lowest BCUT2D eigenvalue weighted by Gasteiger charge is -2.12. The number of fused-ring (bicyclic) bond motifs is 1. The van der Waals surface area contributed by atoms with Crippen molar-refractivity contribution < 1.29 is 19.1 Å². The summed E-state index contributed by atoms with van der Waals surface area (Å²) in [5.74, 6) is -1.31. The summed E-state index contributed by atoms with van der Waals surface area (Å²) in [6.45, 7) is -0.351. The predicted octanol–water partition coefficient (Wildman–Crippen LogP) is 2.18. The first-order valence-corrected chi connectivity index (χ1v) is 9.15. The van der Waals surface area contributed by atoms with E-state index in [9.17, 15) is 14.4 Å². The van der Waals surface area contributed by atoms with Gasteiger partial charge >= 0.3 is 5.97 Å². The van der Waals surface area contributed by atoms with Crippen LogP contribution in [-0.4, -0.2) is 36.4 Å². The molecule has 8 heteroatoms. The number of hydrogen-bond acceptors (Lipinski definition) is 6. The molecule has 0 radical (unpaired) electrons. The molecular formula is C18H19N3O4S. The number of rotatable bonds is 5. The molecule has 0 saturated carbocycles. The minimum atomic E-state index is -0.588. The summed E-state index contributed by atoms with van der Waals surface area (Å²) in [4.78, 5) is 41.4. The maximum Gasteiger partial charge on any atom is 0.341 e. The van der Waals surface area contributed by atoms with Gasteiger partial charge in [-0.3, -0.25) is 14.6 Å². The minimum absolute atomic E-state index is 0.336. The molecule has 0 spiro atoms. The Morgan fingerprint density at radius 1 is 1.27 bits per heavy atom. The maximum atomic E-state index is 12.6. The Labute approximate surface area is 154 Å². The van der Waals surface area contributed by atoms with Crippen molar-refractivity contribution in [2.45, 2.75) is 25.7 Å². The molecule has 26 heavy (non-hydrogen) atoms. The fourth-order valence-corrected chi connectivity index (χ4v) is 4.09. The number of ether oxygens (including phenoxy) is 1. The number of aryl methyl sites for hydroxylation is 1. The summed E-state index contributed by atoms with van der Waals surface area (Å²) in [7, 11) is 1.47. The van der Waals surface area contributed by atoms with E-state index in [0.717, 1.165) is 36.1 Å². The molecule has 1 aliphatic carbocycles. The van der Waals surface area contributed by atoms with Gasteiger partial charge in [0.15, 0.2) is 6.61 Å². The fraction of sp³-hybridized carbons (Fsp3) is 0.333. The second-order valence-corrected chi connectivity index (χ2v) is 6.97. The van der Waals surface area contributed by atoms with Crippen LogP contribution in [0, 0.1) is 0 Å². The van der Waals surface area contributed by atoms with E-state index < -0.39 is 5.97 Å². The number of pyridine rings is 1. The van der Waals surface area contributed by atoms with Crippen LogP contribution in [0.3, 0.4) is 0 Å². The van der Waals surface area contributed by atoms with Gasteiger partial charge in [0.05, 0.1) is 11.1 Å². The molecule has 2 aromatic heterocycles. The first-order chi connectivity index (χ1) is 12.6. The molecule has 2 aromatic rings. The van der Waals surface area contributed by atoms with Crippen molar-refractivity contribution in [2.24, 2.45) is 0 Å². The number of amides is 2. The van der Waals surface area contributed by atoms with Gasteiger partial charge in [0.1, 0.15) is 5.00 Å². The summed E-state index contributed by atoms with van der Waals surface area (Å²) in [6, 6.07) is 3.33. The molecule has 0 bridgehead atoms. The normalized spacial score (nSPS) is 12.8. The molecule has 7 nitrogen and oxygen atoms in total. The number of nitrogens with one attached hydrogen (secondary N) is 2. The van der Waals surface area contributed by atoms with E-state index in [2.05, 4.69) is 15.6 Å². The molecule has 0 fully saturated rings. The molecule has 0 aromatic carbocycles. The SMILES string of the molecule is CNC(=O)COC(=O)c1c(NC(=O)c2cccnc2)sc2c1CCCC2. The van der Waals surface area contributed by atoms with Gasteiger partial charge in [0.2, 0.25) is 0 Å². The lowest BCUT2D eigenvalue weighted by molar-refractivity contribution is -0.123. The lowest BCUT2D eigenvalue weighted by atomic mass is 9.95. The zero-order valence-corrected chi connectivity index (χ0v) is 15.1. The zero-order chi connectivity index (χ0) is 18.5. The standard InChI is InChI=1S/C18H19N3O4S/c1-19-14(22)10-25-18(24)15-12-6-2-3-7-13(12)26-17(15)21-16(23)11-5-4-8-20-9-11/h4-5,8-9H,2-3,6-7,10H2,1H3,(H,19,22)(H,21,23). The number of aromatic nitrogens is 1. The van der Waals surface area contributed by atoms with Crippen LogP contribution in [0.4, 0.5) is 5.00 Å². The molecule has 2 N–H and O–H groups in total. The quantitative estimate of drug-likeness (QED) is 0.783. The van der Waals surface area contributed by atoms with Crippen LogP contribution < -0.4 is 10.6 Å². The highest BCUT2D eigenvalue weighted by molar-refractivity contribution is 7.17. The van der Waals surface area contributed by atoms with Crippen molar-refractivity contribution in [3.05, 3.63) is 46.1 Å². The number of carbonyl (C=O) groups is 3. The van der Waals surface area contributed by atoms with E-state index in [1.165, 1.54) is 24.6 Å². The maximum absolute atomic E-state index is 12.6. The van der Waals surface area contributed by atoms with E-state index in [1.807, 2.05) is 0 Å². The molecule has 0 aliphatic heterocycles. The van der Waals surface area contributed by atoms with Crippen LogP contribution in [0.15, 0.2) is 24.5 Å². The van der Waals surface area contributed by atoms with E-state index in [-0.39, 0.29) is 18.4 Å². The van der Waals surface area contributed by atoms with Crippen LogP contribution in [0.25, 0.3) is 0 Å². The van der Waals surface area contributed by atoms with Gasteiger partial charge in [0, 0.05) is 24.3 Å². The summed E-state index contributed by atoms with van der Waals surface area (Å²) < 4.78 is 5.13. The molecule has 2 heterocycles. The van der Waals surface area contributed by atoms with Gasteiger partial charge in [-0.25, -0.2) is 4.79 Å². The molecule has 0 saturated heterocycles. The van der Waals surface area contributed by atoms with Gasteiger partial charge in [-0.2, -0.15) is 0 Å². The lowest BCUT2D eigenvalue weighted by Crippen LogP contribution is -2.25. The highest BCUT2D eigenvalue weighted by Gasteiger charge is 2.28. The first kappa shape index (κ1) is 18.1. The van der Waals surface area contributed by atoms with Crippen LogP contribution >= 0.6 is 11.3 Å². The average Bonchev–Trinajstić information content (AvgIpc) is 3.04. The molecule has 0 atom stereocenters. The number of nitrogens with zero attached hydrogens (tertiary/aromatic N) is 1. The predicted molar refractivity (Wildman–Crippen MR) is 97.5 cm³/mol. The smallest absolute Gasteiger partial charge is 0.341 e. The third-order valence-electron chi connectivity index (χ3n) is 4.14. The van der Waals surface area contributed by atoms with Crippen LogP contribution in [0.1, 0.15) is 44.0 Å². The van der Waals surface area contributed by atoms with Gasteiger partial charge in [0.25, 0.3) is 11.8 Å². The summed E-state index contributed by atoms with van der Waals surface area (Å²) in [6.07, 6.45) is 6.72. The largest absolute Gasteiger partial charge is 0.452 e. The molecule has 0 unspecified atom stereocenters. The Hall–Kier alpha value is -2.74.